The highest BCUT2D eigenvalue weighted by Gasteiger charge is 2.23. The van der Waals surface area contributed by atoms with Crippen molar-refractivity contribution in [3.63, 3.8) is 0 Å². The summed E-state index contributed by atoms with van der Waals surface area (Å²) in [5, 5.41) is 5.51. The Morgan fingerprint density at radius 3 is 3.00 bits per heavy atom. The monoisotopic (exact) mass is 322 g/mol. The molecule has 0 aliphatic carbocycles. The second kappa shape index (κ2) is 6.61. The molecule has 124 valence electrons. The molecule has 1 aliphatic heterocycles. The van der Waals surface area contributed by atoms with Crippen molar-refractivity contribution in [3.8, 4) is 0 Å². The fourth-order valence-electron chi connectivity index (χ4n) is 3.32. The van der Waals surface area contributed by atoms with E-state index in [9.17, 15) is 0 Å². The molecule has 2 aromatic heterocycles. The van der Waals surface area contributed by atoms with Crippen LogP contribution in [-0.2, 0) is 17.7 Å². The van der Waals surface area contributed by atoms with E-state index in [2.05, 4.69) is 47.3 Å². The Kier molecular flexibility index (Phi) is 4.17. The quantitative estimate of drug-likeness (QED) is 0.741. The number of hydrogen-bond acceptors (Lipinski definition) is 4. The van der Waals surface area contributed by atoms with Crippen molar-refractivity contribution in [2.24, 2.45) is 0 Å². The zero-order chi connectivity index (χ0) is 16.4. The van der Waals surface area contributed by atoms with E-state index in [1.54, 1.807) is 0 Å². The van der Waals surface area contributed by atoms with Crippen LogP contribution in [0.15, 0.2) is 48.8 Å². The summed E-state index contributed by atoms with van der Waals surface area (Å²) in [5.41, 5.74) is 3.48. The SMILES string of the molecule is CCc1cc(N2CCOC(Cn3cccn3)C2)c2ccccc2n1. The van der Waals surface area contributed by atoms with Gasteiger partial charge in [0.25, 0.3) is 0 Å². The molecule has 0 N–H and O–H groups in total. The normalized spacial score (nSPS) is 18.2. The van der Waals surface area contributed by atoms with Crippen molar-refractivity contribution >= 4 is 16.6 Å². The highest BCUT2D eigenvalue weighted by atomic mass is 16.5. The molecule has 4 rings (SSSR count). The first kappa shape index (κ1) is 15.1. The van der Waals surface area contributed by atoms with Crippen molar-refractivity contribution in [1.82, 2.24) is 14.8 Å². The lowest BCUT2D eigenvalue weighted by Gasteiger charge is -2.35. The number of morpholine rings is 1. The van der Waals surface area contributed by atoms with Gasteiger partial charge in [0.2, 0.25) is 0 Å². The molecule has 1 unspecified atom stereocenters. The van der Waals surface area contributed by atoms with Crippen LogP contribution in [0.4, 0.5) is 5.69 Å². The van der Waals surface area contributed by atoms with E-state index in [4.69, 9.17) is 9.72 Å². The van der Waals surface area contributed by atoms with Crippen LogP contribution >= 0.6 is 0 Å². The Morgan fingerprint density at radius 2 is 2.17 bits per heavy atom. The standard InChI is InChI=1S/C19H22N4O/c1-2-15-12-19(17-6-3-4-7-18(17)21-15)22-10-11-24-16(13-22)14-23-9-5-8-20-23/h3-9,12,16H,2,10-11,13-14H2,1H3. The largest absolute Gasteiger partial charge is 0.373 e. The predicted molar refractivity (Wildman–Crippen MR) is 95.3 cm³/mol. The Balaban J connectivity index is 1.63. The molecule has 0 saturated carbocycles. The second-order valence-corrected chi connectivity index (χ2v) is 6.17. The molecule has 1 saturated heterocycles. The van der Waals surface area contributed by atoms with Crippen LogP contribution in [0.25, 0.3) is 10.9 Å². The number of ether oxygens (including phenoxy) is 1. The summed E-state index contributed by atoms with van der Waals surface area (Å²) in [6.07, 6.45) is 4.89. The average molecular weight is 322 g/mol. The van der Waals surface area contributed by atoms with Crippen LogP contribution in [-0.4, -0.2) is 40.6 Å². The lowest BCUT2D eigenvalue weighted by molar-refractivity contribution is 0.0275. The maximum absolute atomic E-state index is 5.95. The molecule has 1 aliphatic rings. The van der Waals surface area contributed by atoms with Crippen molar-refractivity contribution in [3.05, 3.63) is 54.5 Å². The number of benzene rings is 1. The number of anilines is 1. The van der Waals surface area contributed by atoms with E-state index >= 15 is 0 Å². The van der Waals surface area contributed by atoms with Crippen LogP contribution < -0.4 is 4.90 Å². The van der Waals surface area contributed by atoms with Gasteiger partial charge in [-0.15, -0.1) is 0 Å². The summed E-state index contributed by atoms with van der Waals surface area (Å²) in [5.74, 6) is 0. The lowest BCUT2D eigenvalue weighted by Crippen LogP contribution is -2.44. The average Bonchev–Trinajstić information content (AvgIpc) is 3.14. The van der Waals surface area contributed by atoms with Gasteiger partial charge >= 0.3 is 0 Å². The molecular formula is C19H22N4O. The van der Waals surface area contributed by atoms with Gasteiger partial charge in [0.05, 0.1) is 24.8 Å². The summed E-state index contributed by atoms with van der Waals surface area (Å²) >= 11 is 0. The molecule has 1 atom stereocenters. The Morgan fingerprint density at radius 1 is 1.25 bits per heavy atom. The Labute approximate surface area is 141 Å². The number of aryl methyl sites for hydroxylation is 1. The minimum absolute atomic E-state index is 0.149. The minimum Gasteiger partial charge on any atom is -0.373 e. The van der Waals surface area contributed by atoms with Gasteiger partial charge in [-0.3, -0.25) is 9.67 Å². The van der Waals surface area contributed by atoms with E-state index in [-0.39, 0.29) is 6.10 Å². The van der Waals surface area contributed by atoms with Crippen LogP contribution in [0.3, 0.4) is 0 Å². The number of rotatable bonds is 4. The van der Waals surface area contributed by atoms with E-state index < -0.39 is 0 Å². The molecule has 0 bridgehead atoms. The van der Waals surface area contributed by atoms with Gasteiger partial charge in [-0.1, -0.05) is 25.1 Å². The van der Waals surface area contributed by atoms with Crippen LogP contribution in [0, 0.1) is 0 Å². The lowest BCUT2D eigenvalue weighted by atomic mass is 10.1. The van der Waals surface area contributed by atoms with Gasteiger partial charge in [0.1, 0.15) is 0 Å². The van der Waals surface area contributed by atoms with Gasteiger partial charge in [-0.2, -0.15) is 5.10 Å². The van der Waals surface area contributed by atoms with Gasteiger partial charge in [0, 0.05) is 42.3 Å². The topological polar surface area (TPSA) is 43.2 Å². The highest BCUT2D eigenvalue weighted by molar-refractivity contribution is 5.92. The van der Waals surface area contributed by atoms with Gasteiger partial charge < -0.3 is 9.64 Å². The van der Waals surface area contributed by atoms with Crippen molar-refractivity contribution in [2.75, 3.05) is 24.6 Å². The van der Waals surface area contributed by atoms with Gasteiger partial charge in [0.15, 0.2) is 0 Å². The molecule has 3 heterocycles. The van der Waals surface area contributed by atoms with Crippen molar-refractivity contribution < 1.29 is 4.74 Å². The third-order valence-corrected chi connectivity index (χ3v) is 4.54. The summed E-state index contributed by atoms with van der Waals surface area (Å²) < 4.78 is 7.89. The second-order valence-electron chi connectivity index (χ2n) is 6.17. The van der Waals surface area contributed by atoms with Crippen LogP contribution in [0.5, 0.6) is 0 Å². The van der Waals surface area contributed by atoms with E-state index in [1.165, 1.54) is 11.1 Å². The Bertz CT molecular complexity index is 815. The first-order valence-electron chi connectivity index (χ1n) is 8.56. The predicted octanol–water partition coefficient (Wildman–Crippen LogP) is 2.90. The fraction of sp³-hybridized carbons (Fsp3) is 0.368. The fourth-order valence-corrected chi connectivity index (χ4v) is 3.32. The third-order valence-electron chi connectivity index (χ3n) is 4.54. The smallest absolute Gasteiger partial charge is 0.0946 e. The summed E-state index contributed by atoms with van der Waals surface area (Å²) in [4.78, 5) is 7.19. The van der Waals surface area contributed by atoms with Crippen LogP contribution in [0.1, 0.15) is 12.6 Å². The van der Waals surface area contributed by atoms with Crippen molar-refractivity contribution in [2.45, 2.75) is 26.0 Å². The number of pyridine rings is 1. The molecule has 1 fully saturated rings. The minimum atomic E-state index is 0.149. The van der Waals surface area contributed by atoms with E-state index in [0.717, 1.165) is 43.9 Å². The molecule has 5 heteroatoms. The molecule has 0 spiro atoms. The Hall–Kier alpha value is -2.40. The number of nitrogens with zero attached hydrogens (tertiary/aromatic N) is 4. The first-order valence-corrected chi connectivity index (χ1v) is 8.56. The number of aromatic nitrogens is 3. The van der Waals surface area contributed by atoms with E-state index in [1.807, 2.05) is 23.1 Å². The molecule has 5 nitrogen and oxygen atoms in total. The first-order chi connectivity index (χ1) is 11.8. The van der Waals surface area contributed by atoms with Crippen LogP contribution in [0.2, 0.25) is 0 Å². The molecule has 0 radical (unpaired) electrons. The summed E-state index contributed by atoms with van der Waals surface area (Å²) in [7, 11) is 0. The molecule has 24 heavy (non-hydrogen) atoms. The highest BCUT2D eigenvalue weighted by Crippen LogP contribution is 2.28. The zero-order valence-corrected chi connectivity index (χ0v) is 13.9. The molecule has 1 aromatic carbocycles. The maximum atomic E-state index is 5.95. The maximum Gasteiger partial charge on any atom is 0.0946 e. The number of fused-ring (bicyclic) bond motifs is 1. The zero-order valence-electron chi connectivity index (χ0n) is 13.9. The number of para-hydroxylation sites is 1. The van der Waals surface area contributed by atoms with Gasteiger partial charge in [-0.05, 0) is 24.6 Å². The summed E-state index contributed by atoms with van der Waals surface area (Å²) in [6.45, 7) is 5.46. The van der Waals surface area contributed by atoms with Gasteiger partial charge in [-0.25, -0.2) is 0 Å². The molecule has 0 amide bonds. The molecule has 3 aromatic rings. The number of hydrogen-bond donors (Lipinski definition) is 0. The third kappa shape index (κ3) is 2.99. The molecular weight excluding hydrogens is 300 g/mol. The van der Waals surface area contributed by atoms with E-state index in [0.29, 0.717) is 0 Å². The summed E-state index contributed by atoms with van der Waals surface area (Å²) in [6, 6.07) is 12.6. The van der Waals surface area contributed by atoms with Crippen molar-refractivity contribution in [1.29, 1.82) is 0 Å².